The van der Waals surface area contributed by atoms with E-state index in [0.29, 0.717) is 17.3 Å². The van der Waals surface area contributed by atoms with Crippen LogP contribution in [0.5, 0.6) is 0 Å². The van der Waals surface area contributed by atoms with Crippen molar-refractivity contribution in [3.05, 3.63) is 64.2 Å². The van der Waals surface area contributed by atoms with Gasteiger partial charge in [0.1, 0.15) is 12.1 Å². The molecule has 2 N–H and O–H groups in total. The predicted octanol–water partition coefficient (Wildman–Crippen LogP) is 3.24. The summed E-state index contributed by atoms with van der Waals surface area (Å²) in [5.41, 5.74) is 0.411. The quantitative estimate of drug-likeness (QED) is 0.359. The van der Waals surface area contributed by atoms with Crippen LogP contribution < -0.4 is 15.5 Å². The highest BCUT2D eigenvalue weighted by atomic mass is 16.6. The summed E-state index contributed by atoms with van der Waals surface area (Å²) < 4.78 is 0. The summed E-state index contributed by atoms with van der Waals surface area (Å²) in [7, 11) is 0. The number of nitrogens with zero attached hydrogens (tertiary/aromatic N) is 3. The van der Waals surface area contributed by atoms with E-state index in [4.69, 9.17) is 0 Å². The molecule has 1 atom stereocenters. The molecular formula is C23H27N5O5. The average molecular weight is 453 g/mol. The smallest absolute Gasteiger partial charge is 0.325 e. The molecule has 1 heterocycles. The van der Waals surface area contributed by atoms with E-state index in [1.165, 1.54) is 31.2 Å². The highest BCUT2D eigenvalue weighted by Crippen LogP contribution is 2.30. The summed E-state index contributed by atoms with van der Waals surface area (Å²) in [6.45, 7) is 8.16. The SMILES string of the molecule is CCN(c1ccc(NC(=O)CN2C(=O)NC(C)(c3ccc([N+](=O)[O-])cc3)C2=O)cc1)C(C)C. The van der Waals surface area contributed by atoms with Crippen LogP contribution in [0, 0.1) is 10.1 Å². The number of benzene rings is 2. The molecule has 0 aromatic heterocycles. The first-order valence-electron chi connectivity index (χ1n) is 10.6. The lowest BCUT2D eigenvalue weighted by Crippen LogP contribution is -2.42. The van der Waals surface area contributed by atoms with Crippen LogP contribution >= 0.6 is 0 Å². The zero-order chi connectivity index (χ0) is 24.3. The van der Waals surface area contributed by atoms with Crippen LogP contribution in [-0.2, 0) is 15.1 Å². The van der Waals surface area contributed by atoms with Crippen LogP contribution in [0.1, 0.15) is 33.3 Å². The van der Waals surface area contributed by atoms with E-state index >= 15 is 0 Å². The van der Waals surface area contributed by atoms with Crippen molar-refractivity contribution < 1.29 is 19.3 Å². The maximum Gasteiger partial charge on any atom is 0.325 e. The number of carbonyl (C=O) groups excluding carboxylic acids is 3. The Kier molecular flexibility index (Phi) is 6.66. The second kappa shape index (κ2) is 9.27. The first-order valence-corrected chi connectivity index (χ1v) is 10.6. The molecule has 1 aliphatic rings. The number of nitro groups is 1. The van der Waals surface area contributed by atoms with E-state index in [9.17, 15) is 24.5 Å². The number of anilines is 2. The van der Waals surface area contributed by atoms with Gasteiger partial charge in [-0.1, -0.05) is 0 Å². The number of nitro benzene ring substituents is 1. The average Bonchev–Trinajstić information content (AvgIpc) is 2.99. The second-order valence-corrected chi connectivity index (χ2v) is 8.23. The van der Waals surface area contributed by atoms with Crippen LogP contribution in [0.25, 0.3) is 0 Å². The third kappa shape index (κ3) is 4.79. The Morgan fingerprint density at radius 2 is 1.76 bits per heavy atom. The van der Waals surface area contributed by atoms with Gasteiger partial charge in [-0.05, 0) is 69.7 Å². The van der Waals surface area contributed by atoms with E-state index in [1.807, 2.05) is 12.1 Å². The van der Waals surface area contributed by atoms with Crippen molar-refractivity contribution in [1.29, 1.82) is 0 Å². The summed E-state index contributed by atoms with van der Waals surface area (Å²) in [4.78, 5) is 51.3. The Hall–Kier alpha value is -3.95. The number of carbonyl (C=O) groups is 3. The topological polar surface area (TPSA) is 125 Å². The third-order valence-corrected chi connectivity index (χ3v) is 5.68. The largest absolute Gasteiger partial charge is 0.369 e. The number of hydrogen-bond donors (Lipinski definition) is 2. The zero-order valence-corrected chi connectivity index (χ0v) is 19.0. The fourth-order valence-electron chi connectivity index (χ4n) is 3.88. The number of rotatable bonds is 8. The molecule has 2 aromatic rings. The van der Waals surface area contributed by atoms with Gasteiger partial charge in [-0.3, -0.25) is 24.6 Å². The van der Waals surface area contributed by atoms with Gasteiger partial charge in [0, 0.05) is 36.1 Å². The van der Waals surface area contributed by atoms with Crippen LogP contribution in [0.2, 0.25) is 0 Å². The number of nitrogens with one attached hydrogen (secondary N) is 2. The standard InChI is InChI=1S/C23H27N5O5/c1-5-26(15(2)3)18-12-8-17(9-13-18)24-20(29)14-27-21(30)23(4,25-22(27)31)16-6-10-19(11-7-16)28(32)33/h6-13,15H,5,14H2,1-4H3,(H,24,29)(H,25,31). The lowest BCUT2D eigenvalue weighted by Gasteiger charge is -2.27. The summed E-state index contributed by atoms with van der Waals surface area (Å²) in [5, 5.41) is 16.2. The minimum Gasteiger partial charge on any atom is -0.369 e. The molecule has 0 saturated carbocycles. The Morgan fingerprint density at radius 3 is 2.27 bits per heavy atom. The fraction of sp³-hybridized carbons (Fsp3) is 0.348. The van der Waals surface area contributed by atoms with E-state index < -0.39 is 34.9 Å². The monoisotopic (exact) mass is 453 g/mol. The maximum atomic E-state index is 13.0. The fourth-order valence-corrected chi connectivity index (χ4v) is 3.88. The van der Waals surface area contributed by atoms with Crippen LogP contribution in [-0.4, -0.2) is 46.8 Å². The molecule has 1 aliphatic heterocycles. The normalized spacial score (nSPS) is 17.8. The van der Waals surface area contributed by atoms with Crippen LogP contribution in [0.4, 0.5) is 21.9 Å². The van der Waals surface area contributed by atoms with Gasteiger partial charge < -0.3 is 15.5 Å². The van der Waals surface area contributed by atoms with Crippen molar-refractivity contribution in [2.24, 2.45) is 0 Å². The van der Waals surface area contributed by atoms with Crippen molar-refractivity contribution in [2.75, 3.05) is 23.3 Å². The molecule has 0 bridgehead atoms. The Labute approximate surface area is 191 Å². The van der Waals surface area contributed by atoms with E-state index in [2.05, 4.69) is 36.3 Å². The molecule has 10 nitrogen and oxygen atoms in total. The van der Waals surface area contributed by atoms with Crippen molar-refractivity contribution in [1.82, 2.24) is 10.2 Å². The van der Waals surface area contributed by atoms with Gasteiger partial charge in [0.15, 0.2) is 0 Å². The Morgan fingerprint density at radius 1 is 1.15 bits per heavy atom. The lowest BCUT2D eigenvalue weighted by atomic mass is 9.92. The van der Waals surface area contributed by atoms with Gasteiger partial charge in [0.05, 0.1) is 4.92 Å². The molecule has 3 rings (SSSR count). The molecule has 10 heteroatoms. The molecular weight excluding hydrogens is 426 g/mol. The molecule has 1 saturated heterocycles. The first-order chi connectivity index (χ1) is 15.6. The molecule has 0 aliphatic carbocycles. The van der Waals surface area contributed by atoms with Gasteiger partial charge in [0.25, 0.3) is 11.6 Å². The summed E-state index contributed by atoms with van der Waals surface area (Å²) in [6.07, 6.45) is 0. The molecule has 1 unspecified atom stereocenters. The van der Waals surface area contributed by atoms with E-state index in [1.54, 1.807) is 12.1 Å². The Bertz CT molecular complexity index is 1070. The van der Waals surface area contributed by atoms with Gasteiger partial charge >= 0.3 is 6.03 Å². The van der Waals surface area contributed by atoms with Gasteiger partial charge in [0.2, 0.25) is 5.91 Å². The first kappa shape index (κ1) is 23.7. The molecule has 33 heavy (non-hydrogen) atoms. The number of imide groups is 1. The number of amides is 4. The third-order valence-electron chi connectivity index (χ3n) is 5.68. The van der Waals surface area contributed by atoms with Crippen molar-refractivity contribution >= 4 is 34.9 Å². The summed E-state index contributed by atoms with van der Waals surface area (Å²) >= 11 is 0. The lowest BCUT2D eigenvalue weighted by molar-refractivity contribution is -0.384. The highest BCUT2D eigenvalue weighted by Gasteiger charge is 2.49. The minimum absolute atomic E-state index is 0.128. The molecule has 1 fully saturated rings. The second-order valence-electron chi connectivity index (χ2n) is 8.23. The van der Waals surface area contributed by atoms with Crippen molar-refractivity contribution in [3.63, 3.8) is 0 Å². The molecule has 0 radical (unpaired) electrons. The van der Waals surface area contributed by atoms with Crippen LogP contribution in [0.3, 0.4) is 0 Å². The molecule has 2 aromatic carbocycles. The molecule has 4 amide bonds. The van der Waals surface area contributed by atoms with Gasteiger partial charge in [-0.15, -0.1) is 0 Å². The predicted molar refractivity (Wildman–Crippen MR) is 124 cm³/mol. The van der Waals surface area contributed by atoms with Crippen LogP contribution in [0.15, 0.2) is 48.5 Å². The maximum absolute atomic E-state index is 13.0. The van der Waals surface area contributed by atoms with Gasteiger partial charge in [-0.25, -0.2) is 4.79 Å². The zero-order valence-electron chi connectivity index (χ0n) is 19.0. The summed E-state index contributed by atoms with van der Waals surface area (Å²) in [6, 6.07) is 12.3. The molecule has 0 spiro atoms. The molecule has 174 valence electrons. The highest BCUT2D eigenvalue weighted by molar-refractivity contribution is 6.10. The van der Waals surface area contributed by atoms with Gasteiger partial charge in [-0.2, -0.15) is 0 Å². The minimum atomic E-state index is -1.42. The Balaban J connectivity index is 1.68. The number of urea groups is 1. The van der Waals surface area contributed by atoms with Crippen molar-refractivity contribution in [3.8, 4) is 0 Å². The number of hydrogen-bond acceptors (Lipinski definition) is 6. The van der Waals surface area contributed by atoms with E-state index in [-0.39, 0.29) is 5.69 Å². The summed E-state index contributed by atoms with van der Waals surface area (Å²) in [5.74, 6) is -1.13. The number of non-ortho nitro benzene ring substituents is 1. The van der Waals surface area contributed by atoms with E-state index in [0.717, 1.165) is 17.1 Å². The van der Waals surface area contributed by atoms with Crippen molar-refractivity contribution in [2.45, 2.75) is 39.3 Å².